The molecule has 53 heavy (non-hydrogen) atoms. The first-order valence-electron chi connectivity index (χ1n) is 17.6. The van der Waals surface area contributed by atoms with Crippen LogP contribution in [0.25, 0.3) is 22.6 Å². The Kier molecular flexibility index (Phi) is 12.6. The molecule has 0 fully saturated rings. The van der Waals surface area contributed by atoms with Gasteiger partial charge in [0.05, 0.1) is 25.3 Å². The van der Waals surface area contributed by atoms with Crippen molar-refractivity contribution in [2.75, 3.05) is 19.7 Å². The lowest BCUT2D eigenvalue weighted by atomic mass is 10.0. The van der Waals surface area contributed by atoms with Crippen molar-refractivity contribution in [2.45, 2.75) is 38.8 Å². The molecule has 10 heteroatoms. The molecule has 2 heterocycles. The Hall–Kier alpha value is -5.84. The monoisotopic (exact) mass is 717 g/mol. The van der Waals surface area contributed by atoms with Crippen LogP contribution in [-0.2, 0) is 37.1 Å². The summed E-state index contributed by atoms with van der Waals surface area (Å²) in [6.07, 6.45) is 2.30. The van der Waals surface area contributed by atoms with Gasteiger partial charge in [-0.3, -0.25) is 4.79 Å². The van der Waals surface area contributed by atoms with E-state index >= 15 is 0 Å². The number of benzene rings is 4. The molecule has 1 amide bonds. The molecule has 272 valence electrons. The summed E-state index contributed by atoms with van der Waals surface area (Å²) in [6, 6.07) is 33.3. The Labute approximate surface area is 307 Å². The first kappa shape index (κ1) is 36.9. The van der Waals surface area contributed by atoms with Gasteiger partial charge in [0.1, 0.15) is 34.7 Å². The quantitative estimate of drug-likeness (QED) is 0.0608. The van der Waals surface area contributed by atoms with Crippen LogP contribution in [0, 0.1) is 11.6 Å². The lowest BCUT2D eigenvalue weighted by Crippen LogP contribution is -2.16. The van der Waals surface area contributed by atoms with Gasteiger partial charge in [-0.05, 0) is 122 Å². The molecule has 6 aromatic rings. The average Bonchev–Trinajstić information content (AvgIpc) is 3.85. The second-order valence-electron chi connectivity index (χ2n) is 12.7. The van der Waals surface area contributed by atoms with Gasteiger partial charge in [-0.15, -0.1) is 0 Å². The lowest BCUT2D eigenvalue weighted by Gasteiger charge is -2.08. The number of carbonyl (C=O) groups is 2. The molecular formula is C43H41F2N3O5. The van der Waals surface area contributed by atoms with Crippen molar-refractivity contribution in [1.29, 1.82) is 0 Å². The molecule has 0 spiro atoms. The Balaban J connectivity index is 0.867. The number of primary amides is 1. The molecule has 0 atom stereocenters. The van der Waals surface area contributed by atoms with Crippen LogP contribution >= 0.6 is 0 Å². The van der Waals surface area contributed by atoms with Crippen LogP contribution in [0.4, 0.5) is 8.78 Å². The molecule has 0 bridgehead atoms. The summed E-state index contributed by atoms with van der Waals surface area (Å²) in [6.45, 7) is 2.56. The highest BCUT2D eigenvalue weighted by molar-refractivity contribution is 5.93. The predicted octanol–water partition coefficient (Wildman–Crippen LogP) is 8.04. The number of esters is 1. The molecular weight excluding hydrogens is 676 g/mol. The molecule has 0 unspecified atom stereocenters. The molecule has 0 aliphatic carbocycles. The van der Waals surface area contributed by atoms with E-state index in [1.165, 1.54) is 12.1 Å². The Morgan fingerprint density at radius 1 is 0.642 bits per heavy atom. The summed E-state index contributed by atoms with van der Waals surface area (Å²) >= 11 is 0. The number of hydrogen-bond donors (Lipinski definition) is 3. The number of halogens is 2. The van der Waals surface area contributed by atoms with Crippen molar-refractivity contribution in [3.05, 3.63) is 166 Å². The maximum Gasteiger partial charge on any atom is 0.338 e. The Bertz CT molecular complexity index is 2120. The molecule has 4 aromatic carbocycles. The highest BCUT2D eigenvalue weighted by Gasteiger charge is 2.11. The van der Waals surface area contributed by atoms with Crippen LogP contribution in [0.1, 0.15) is 55.3 Å². The number of furan rings is 2. The summed E-state index contributed by atoms with van der Waals surface area (Å²) in [4.78, 5) is 23.9. The minimum absolute atomic E-state index is 0.173. The Morgan fingerprint density at radius 2 is 1.23 bits per heavy atom. The van der Waals surface area contributed by atoms with Crippen LogP contribution < -0.4 is 16.4 Å². The number of rotatable bonds is 18. The molecule has 4 N–H and O–H groups in total. The van der Waals surface area contributed by atoms with Crippen molar-refractivity contribution >= 4 is 11.9 Å². The van der Waals surface area contributed by atoms with Gasteiger partial charge in [-0.1, -0.05) is 48.5 Å². The van der Waals surface area contributed by atoms with E-state index in [-0.39, 0.29) is 18.2 Å². The second kappa shape index (κ2) is 18.1. The minimum atomic E-state index is -0.475. The van der Waals surface area contributed by atoms with Gasteiger partial charge in [0.15, 0.2) is 0 Å². The smallest absolute Gasteiger partial charge is 0.338 e. The normalized spacial score (nSPS) is 11.1. The molecule has 2 aromatic heterocycles. The third kappa shape index (κ3) is 10.6. The number of nitrogens with two attached hydrogens (primary N) is 1. The SMILES string of the molecule is NC(=O)c1ccc(-c2ccc(CNCCc3ccc(CCCOC(=O)c4ccc(-c5ccc(CNCCc6cccc(F)c6)o5)cc4)c(F)c3)o2)cc1. The standard InChI is InChI=1S/C43H41F2N3O5/c44-36-5-1-3-29(25-36)20-22-47-27-37-17-19-41(53-37)33-10-14-35(15-11-33)43(50)51-24-2-4-31-7-6-30(26-39(31)45)21-23-48-28-38-16-18-40(52-38)32-8-12-34(13-9-32)42(46)49/h1,3,5-19,25-26,47-48H,2,4,20-24,27-28H2,(H2,46,49). The van der Waals surface area contributed by atoms with Crippen LogP contribution in [0.5, 0.6) is 0 Å². The second-order valence-corrected chi connectivity index (χ2v) is 12.7. The fourth-order valence-corrected chi connectivity index (χ4v) is 5.87. The first-order chi connectivity index (χ1) is 25.8. The number of amides is 1. The van der Waals surface area contributed by atoms with E-state index in [2.05, 4.69) is 10.6 Å². The zero-order valence-corrected chi connectivity index (χ0v) is 29.2. The highest BCUT2D eigenvalue weighted by Crippen LogP contribution is 2.24. The topological polar surface area (TPSA) is 120 Å². The van der Waals surface area contributed by atoms with E-state index in [0.717, 1.165) is 33.8 Å². The number of nitrogens with one attached hydrogen (secondary N) is 2. The molecule has 8 nitrogen and oxygen atoms in total. The van der Waals surface area contributed by atoms with Gasteiger partial charge in [-0.2, -0.15) is 0 Å². The summed E-state index contributed by atoms with van der Waals surface area (Å²) < 4.78 is 45.5. The van der Waals surface area contributed by atoms with E-state index in [4.69, 9.17) is 19.3 Å². The zero-order chi connectivity index (χ0) is 37.0. The Morgan fingerprint density at radius 3 is 1.79 bits per heavy atom. The maximum absolute atomic E-state index is 14.8. The zero-order valence-electron chi connectivity index (χ0n) is 29.2. The van der Waals surface area contributed by atoms with E-state index in [9.17, 15) is 18.4 Å². The van der Waals surface area contributed by atoms with Crippen LogP contribution in [0.2, 0.25) is 0 Å². The first-order valence-corrected chi connectivity index (χ1v) is 17.6. The van der Waals surface area contributed by atoms with Crippen LogP contribution in [0.15, 0.2) is 124 Å². The van der Waals surface area contributed by atoms with E-state index in [1.807, 2.05) is 48.5 Å². The molecule has 6 rings (SSSR count). The summed E-state index contributed by atoms with van der Waals surface area (Å²) in [5.74, 6) is 1.50. The number of carbonyl (C=O) groups excluding carboxylic acids is 2. The largest absolute Gasteiger partial charge is 0.462 e. The van der Waals surface area contributed by atoms with Crippen molar-refractivity contribution in [1.82, 2.24) is 10.6 Å². The van der Waals surface area contributed by atoms with Gasteiger partial charge in [-0.25, -0.2) is 13.6 Å². The number of aryl methyl sites for hydroxylation is 1. The lowest BCUT2D eigenvalue weighted by molar-refractivity contribution is 0.0500. The fourth-order valence-electron chi connectivity index (χ4n) is 5.87. The number of hydrogen-bond acceptors (Lipinski definition) is 7. The van der Waals surface area contributed by atoms with E-state index in [0.29, 0.717) is 80.1 Å². The summed E-state index contributed by atoms with van der Waals surface area (Å²) in [5.41, 5.74) is 10.2. The van der Waals surface area contributed by atoms with Crippen molar-refractivity contribution in [3.8, 4) is 22.6 Å². The molecule has 0 saturated heterocycles. The molecule has 0 aliphatic rings. The molecule has 0 saturated carbocycles. The third-order valence-corrected chi connectivity index (χ3v) is 8.79. The van der Waals surface area contributed by atoms with Gasteiger partial charge in [0.25, 0.3) is 0 Å². The van der Waals surface area contributed by atoms with Gasteiger partial charge >= 0.3 is 5.97 Å². The van der Waals surface area contributed by atoms with Crippen molar-refractivity contribution in [2.24, 2.45) is 5.73 Å². The average molecular weight is 718 g/mol. The molecule has 0 aliphatic heterocycles. The maximum atomic E-state index is 14.8. The minimum Gasteiger partial charge on any atom is -0.462 e. The van der Waals surface area contributed by atoms with E-state index in [1.54, 1.807) is 54.6 Å². The molecule has 0 radical (unpaired) electrons. The van der Waals surface area contributed by atoms with E-state index < -0.39 is 11.9 Å². The highest BCUT2D eigenvalue weighted by atomic mass is 19.1. The number of ether oxygens (including phenoxy) is 1. The third-order valence-electron chi connectivity index (χ3n) is 8.79. The van der Waals surface area contributed by atoms with Gasteiger partial charge in [0, 0.05) is 16.7 Å². The van der Waals surface area contributed by atoms with Gasteiger partial charge in [0.2, 0.25) is 5.91 Å². The van der Waals surface area contributed by atoms with Gasteiger partial charge < -0.3 is 29.9 Å². The van der Waals surface area contributed by atoms with Crippen molar-refractivity contribution < 1.29 is 31.9 Å². The van der Waals surface area contributed by atoms with Crippen molar-refractivity contribution in [3.63, 3.8) is 0 Å². The predicted molar refractivity (Wildman–Crippen MR) is 199 cm³/mol. The fraction of sp³-hybridized carbons (Fsp3) is 0.209. The summed E-state index contributed by atoms with van der Waals surface area (Å²) in [5, 5.41) is 6.63. The van der Waals surface area contributed by atoms with Crippen LogP contribution in [-0.4, -0.2) is 31.6 Å². The summed E-state index contributed by atoms with van der Waals surface area (Å²) in [7, 11) is 0. The van der Waals surface area contributed by atoms with Crippen LogP contribution in [0.3, 0.4) is 0 Å².